The average molecular weight is 327 g/mol. The van der Waals surface area contributed by atoms with Crippen LogP contribution >= 0.6 is 0 Å². The molecule has 0 aliphatic heterocycles. The van der Waals surface area contributed by atoms with Gasteiger partial charge in [0.2, 0.25) is 5.95 Å². The minimum absolute atomic E-state index is 0.0796. The molecule has 0 unspecified atom stereocenters. The van der Waals surface area contributed by atoms with Crippen molar-refractivity contribution in [2.75, 3.05) is 17.2 Å². The van der Waals surface area contributed by atoms with Gasteiger partial charge in [-0.3, -0.25) is 9.78 Å². The number of pyridine rings is 1. The van der Waals surface area contributed by atoms with E-state index in [-0.39, 0.29) is 12.4 Å². The molecule has 0 amide bonds. The van der Waals surface area contributed by atoms with Crippen LogP contribution in [0.2, 0.25) is 0 Å². The molecule has 3 N–H and O–H groups in total. The van der Waals surface area contributed by atoms with Gasteiger partial charge in [0.25, 0.3) is 0 Å². The summed E-state index contributed by atoms with van der Waals surface area (Å²) in [5.74, 6) is -1.74. The maximum Gasteiger partial charge on any atom is 0.433 e. The standard InChI is InChI=1S/C13H12F3N5O2/c14-13(15,16)9-4-10(18-6-8-2-1-3-17-5-8)21-12(20-9)19-7-11(22)23/h1-5H,6-7H2,(H,22,23)(H2,18,19,20,21). The van der Waals surface area contributed by atoms with E-state index in [1.54, 1.807) is 24.5 Å². The van der Waals surface area contributed by atoms with Gasteiger partial charge in [-0.2, -0.15) is 18.2 Å². The Bertz CT molecular complexity index is 679. The molecule has 0 aromatic carbocycles. The van der Waals surface area contributed by atoms with E-state index in [0.717, 1.165) is 11.6 Å². The first kappa shape index (κ1) is 16.5. The zero-order chi connectivity index (χ0) is 16.9. The molecule has 2 aromatic rings. The zero-order valence-corrected chi connectivity index (χ0v) is 11.6. The van der Waals surface area contributed by atoms with Gasteiger partial charge in [0.05, 0.1) is 0 Å². The molecule has 2 heterocycles. The molecular weight excluding hydrogens is 315 g/mol. The van der Waals surface area contributed by atoms with E-state index in [0.29, 0.717) is 0 Å². The monoisotopic (exact) mass is 327 g/mol. The highest BCUT2D eigenvalue weighted by Gasteiger charge is 2.33. The SMILES string of the molecule is O=C(O)CNc1nc(NCc2cccnc2)cc(C(F)(F)F)n1. The van der Waals surface area contributed by atoms with Crippen LogP contribution in [0, 0.1) is 0 Å². The molecule has 0 spiro atoms. The van der Waals surface area contributed by atoms with Crippen LogP contribution in [0.4, 0.5) is 24.9 Å². The first-order valence-electron chi connectivity index (χ1n) is 6.39. The predicted octanol–water partition coefficient (Wildman–Crippen LogP) is 2.00. The summed E-state index contributed by atoms with van der Waals surface area (Å²) in [7, 11) is 0. The Balaban J connectivity index is 2.19. The van der Waals surface area contributed by atoms with Crippen molar-refractivity contribution >= 4 is 17.7 Å². The van der Waals surface area contributed by atoms with Crippen molar-refractivity contribution in [3.63, 3.8) is 0 Å². The number of hydrogen-bond donors (Lipinski definition) is 3. The molecule has 0 aliphatic rings. The molecule has 0 fully saturated rings. The Morgan fingerprint density at radius 2 is 2.04 bits per heavy atom. The Labute approximate surface area is 128 Å². The van der Waals surface area contributed by atoms with Crippen LogP contribution in [0.25, 0.3) is 0 Å². The molecule has 0 aliphatic carbocycles. The largest absolute Gasteiger partial charge is 0.480 e. The van der Waals surface area contributed by atoms with Crippen LogP contribution in [0.3, 0.4) is 0 Å². The van der Waals surface area contributed by atoms with Crippen LogP contribution in [0.15, 0.2) is 30.6 Å². The second-order valence-electron chi connectivity index (χ2n) is 4.42. The Morgan fingerprint density at radius 1 is 1.26 bits per heavy atom. The van der Waals surface area contributed by atoms with E-state index in [4.69, 9.17) is 5.11 Å². The Hall–Kier alpha value is -2.91. The molecule has 0 atom stereocenters. The lowest BCUT2D eigenvalue weighted by Gasteiger charge is -2.12. The molecular formula is C13H12F3N5O2. The number of hydrogen-bond acceptors (Lipinski definition) is 6. The van der Waals surface area contributed by atoms with Gasteiger partial charge in [0.1, 0.15) is 12.4 Å². The lowest BCUT2D eigenvalue weighted by atomic mass is 10.3. The van der Waals surface area contributed by atoms with Gasteiger partial charge >= 0.3 is 12.1 Å². The van der Waals surface area contributed by atoms with E-state index in [2.05, 4.69) is 25.6 Å². The molecule has 0 radical (unpaired) electrons. The highest BCUT2D eigenvalue weighted by atomic mass is 19.4. The number of rotatable bonds is 6. The average Bonchev–Trinajstić information content (AvgIpc) is 2.51. The van der Waals surface area contributed by atoms with Crippen LogP contribution in [0.1, 0.15) is 11.3 Å². The molecule has 2 rings (SSSR count). The second-order valence-corrected chi connectivity index (χ2v) is 4.42. The van der Waals surface area contributed by atoms with Crippen molar-refractivity contribution < 1.29 is 23.1 Å². The van der Waals surface area contributed by atoms with Gasteiger partial charge in [-0.25, -0.2) is 4.98 Å². The van der Waals surface area contributed by atoms with Crippen LogP contribution in [-0.2, 0) is 17.5 Å². The number of alkyl halides is 3. The van der Waals surface area contributed by atoms with Crippen molar-refractivity contribution in [3.05, 3.63) is 41.9 Å². The summed E-state index contributed by atoms with van der Waals surface area (Å²) in [5.41, 5.74) is -0.422. The van der Waals surface area contributed by atoms with Gasteiger partial charge in [-0.1, -0.05) is 6.07 Å². The summed E-state index contributed by atoms with van der Waals surface area (Å²) in [6.07, 6.45) is -1.54. The number of anilines is 2. The minimum Gasteiger partial charge on any atom is -0.480 e. The maximum atomic E-state index is 12.8. The number of carboxylic acid groups (broad SMARTS) is 1. The van der Waals surface area contributed by atoms with Gasteiger partial charge < -0.3 is 15.7 Å². The number of nitrogens with one attached hydrogen (secondary N) is 2. The van der Waals surface area contributed by atoms with Gasteiger partial charge in [-0.15, -0.1) is 0 Å². The van der Waals surface area contributed by atoms with Crippen LogP contribution in [-0.4, -0.2) is 32.6 Å². The van der Waals surface area contributed by atoms with Crippen molar-refractivity contribution in [1.29, 1.82) is 0 Å². The zero-order valence-electron chi connectivity index (χ0n) is 11.6. The summed E-state index contributed by atoms with van der Waals surface area (Å²) in [4.78, 5) is 21.5. The number of halogens is 3. The summed E-state index contributed by atoms with van der Waals surface area (Å²) in [6, 6.07) is 4.19. The third kappa shape index (κ3) is 5.09. The van der Waals surface area contributed by atoms with Gasteiger partial charge in [0.15, 0.2) is 5.69 Å². The van der Waals surface area contributed by atoms with Gasteiger partial charge in [-0.05, 0) is 11.6 Å². The smallest absolute Gasteiger partial charge is 0.433 e. The molecule has 7 nitrogen and oxygen atoms in total. The Kier molecular flexibility index (Phi) is 4.94. The fourth-order valence-electron chi connectivity index (χ4n) is 1.61. The molecule has 0 bridgehead atoms. The van der Waals surface area contributed by atoms with E-state index in [9.17, 15) is 18.0 Å². The lowest BCUT2D eigenvalue weighted by Crippen LogP contribution is -2.18. The van der Waals surface area contributed by atoms with Crippen molar-refractivity contribution in [2.24, 2.45) is 0 Å². The first-order chi connectivity index (χ1) is 10.8. The van der Waals surface area contributed by atoms with E-state index >= 15 is 0 Å². The fraction of sp³-hybridized carbons (Fsp3) is 0.231. The highest BCUT2D eigenvalue weighted by molar-refractivity contribution is 5.71. The summed E-state index contributed by atoms with van der Waals surface area (Å²) in [6.45, 7) is -0.385. The molecule has 0 saturated carbocycles. The molecule has 122 valence electrons. The number of nitrogens with zero attached hydrogens (tertiary/aromatic N) is 3. The van der Waals surface area contributed by atoms with Crippen molar-refractivity contribution in [2.45, 2.75) is 12.7 Å². The quantitative estimate of drug-likeness (QED) is 0.746. The van der Waals surface area contributed by atoms with Crippen LogP contribution < -0.4 is 10.6 Å². The number of aromatic nitrogens is 3. The fourth-order valence-corrected chi connectivity index (χ4v) is 1.61. The normalized spacial score (nSPS) is 11.1. The Morgan fingerprint density at radius 3 is 2.65 bits per heavy atom. The molecule has 0 saturated heterocycles. The first-order valence-corrected chi connectivity index (χ1v) is 6.39. The molecule has 2 aromatic heterocycles. The van der Waals surface area contributed by atoms with E-state index in [1.807, 2.05) is 0 Å². The number of aliphatic carboxylic acids is 1. The van der Waals surface area contributed by atoms with Crippen molar-refractivity contribution in [1.82, 2.24) is 15.0 Å². The lowest BCUT2D eigenvalue weighted by molar-refractivity contribution is -0.141. The minimum atomic E-state index is -4.67. The summed E-state index contributed by atoms with van der Waals surface area (Å²) < 4.78 is 38.5. The predicted molar refractivity (Wildman–Crippen MR) is 74.7 cm³/mol. The van der Waals surface area contributed by atoms with E-state index in [1.165, 1.54) is 0 Å². The third-order valence-corrected chi connectivity index (χ3v) is 2.61. The topological polar surface area (TPSA) is 100 Å². The summed E-state index contributed by atoms with van der Waals surface area (Å²) >= 11 is 0. The van der Waals surface area contributed by atoms with Gasteiger partial charge in [0, 0.05) is 25.0 Å². The number of carbonyl (C=O) groups is 1. The maximum absolute atomic E-state index is 12.8. The second kappa shape index (κ2) is 6.90. The molecule has 23 heavy (non-hydrogen) atoms. The van der Waals surface area contributed by atoms with Crippen LogP contribution in [0.5, 0.6) is 0 Å². The van der Waals surface area contributed by atoms with Crippen molar-refractivity contribution in [3.8, 4) is 0 Å². The summed E-state index contributed by atoms with van der Waals surface area (Å²) in [5, 5.41) is 13.5. The third-order valence-electron chi connectivity index (χ3n) is 2.61. The molecule has 10 heteroatoms. The van der Waals surface area contributed by atoms with E-state index < -0.39 is 30.3 Å². The number of carboxylic acids is 1. The highest BCUT2D eigenvalue weighted by Crippen LogP contribution is 2.29.